The molecule has 0 fully saturated rings. The number of amides is 1. The molecule has 1 aromatic carbocycles. The van der Waals surface area contributed by atoms with Crippen molar-refractivity contribution in [3.05, 3.63) is 47.7 Å². The molecular formula is C16H13F2N3O4S2. The fourth-order valence-corrected chi connectivity index (χ4v) is 4.18. The highest BCUT2D eigenvalue weighted by molar-refractivity contribution is 7.92. The predicted octanol–water partition coefficient (Wildman–Crippen LogP) is 3.75. The number of rotatable bonds is 5. The first kappa shape index (κ1) is 19.0. The van der Waals surface area contributed by atoms with E-state index in [1.165, 1.54) is 13.0 Å². The molecule has 27 heavy (non-hydrogen) atoms. The van der Waals surface area contributed by atoms with Crippen molar-refractivity contribution in [2.24, 2.45) is 0 Å². The van der Waals surface area contributed by atoms with E-state index < -0.39 is 32.4 Å². The molecule has 0 saturated heterocycles. The summed E-state index contributed by atoms with van der Waals surface area (Å²) in [5, 5.41) is 2.35. The summed E-state index contributed by atoms with van der Waals surface area (Å²) in [5.41, 5.74) is -0.271. The summed E-state index contributed by atoms with van der Waals surface area (Å²) in [5.74, 6) is -2.21. The summed E-state index contributed by atoms with van der Waals surface area (Å²) < 4.78 is 59.3. The van der Waals surface area contributed by atoms with Crippen LogP contribution in [0.3, 0.4) is 0 Å². The molecule has 2 aromatic heterocycles. The normalized spacial score (nSPS) is 11.4. The van der Waals surface area contributed by atoms with Crippen LogP contribution >= 0.6 is 11.3 Å². The summed E-state index contributed by atoms with van der Waals surface area (Å²) >= 11 is 1.10. The number of hydrogen-bond donors (Lipinski definition) is 2. The van der Waals surface area contributed by atoms with Crippen molar-refractivity contribution in [3.63, 3.8) is 0 Å². The second-order valence-electron chi connectivity index (χ2n) is 5.44. The van der Waals surface area contributed by atoms with Crippen LogP contribution in [0, 0.1) is 18.6 Å². The second-order valence-corrected chi connectivity index (χ2v) is 8.05. The van der Waals surface area contributed by atoms with Crippen molar-refractivity contribution >= 4 is 38.1 Å². The van der Waals surface area contributed by atoms with Crippen LogP contribution in [-0.4, -0.2) is 19.3 Å². The van der Waals surface area contributed by atoms with Gasteiger partial charge in [-0.2, -0.15) is 8.42 Å². The van der Waals surface area contributed by atoms with Gasteiger partial charge in [-0.3, -0.25) is 9.52 Å². The number of thiazole rings is 1. The number of sulfonamides is 1. The minimum absolute atomic E-state index is 0.191. The molecule has 142 valence electrons. The van der Waals surface area contributed by atoms with Crippen LogP contribution in [0.1, 0.15) is 12.6 Å². The third-order valence-corrected chi connectivity index (χ3v) is 5.66. The quantitative estimate of drug-likeness (QED) is 0.663. The Hall–Kier alpha value is -2.79. The third-order valence-electron chi connectivity index (χ3n) is 3.35. The third kappa shape index (κ3) is 3.98. The maximum Gasteiger partial charge on any atom is 0.295 e. The maximum atomic E-state index is 13.7. The zero-order chi connectivity index (χ0) is 19.8. The number of halogens is 2. The Labute approximate surface area is 157 Å². The highest BCUT2D eigenvalue weighted by Gasteiger charge is 2.24. The zero-order valence-electron chi connectivity index (χ0n) is 14.0. The molecule has 11 heteroatoms. The van der Waals surface area contributed by atoms with Crippen molar-refractivity contribution in [1.29, 1.82) is 0 Å². The molecule has 0 aliphatic heterocycles. The molecule has 0 atom stereocenters. The molecule has 1 amide bonds. The van der Waals surface area contributed by atoms with Crippen molar-refractivity contribution in [2.45, 2.75) is 18.9 Å². The van der Waals surface area contributed by atoms with Gasteiger partial charge in [-0.05, 0) is 31.2 Å². The van der Waals surface area contributed by atoms with Crippen LogP contribution in [0.4, 0.5) is 19.6 Å². The molecule has 2 heterocycles. The van der Waals surface area contributed by atoms with E-state index >= 15 is 0 Å². The van der Waals surface area contributed by atoms with Crippen molar-refractivity contribution in [1.82, 2.24) is 4.98 Å². The van der Waals surface area contributed by atoms with Gasteiger partial charge in [0.1, 0.15) is 23.1 Å². The molecular weight excluding hydrogens is 400 g/mol. The maximum absolute atomic E-state index is 13.7. The number of hydrogen-bond acceptors (Lipinski definition) is 6. The monoisotopic (exact) mass is 413 g/mol. The number of nitrogens with one attached hydrogen (secondary N) is 2. The number of anilines is 2. The number of aromatic nitrogens is 1. The van der Waals surface area contributed by atoms with E-state index in [9.17, 15) is 22.0 Å². The lowest BCUT2D eigenvalue weighted by Gasteiger charge is -2.07. The fourth-order valence-electron chi connectivity index (χ4n) is 2.20. The molecule has 0 unspecified atom stereocenters. The number of carbonyl (C=O) groups excluding carboxylic acids is 1. The van der Waals surface area contributed by atoms with Gasteiger partial charge in [-0.1, -0.05) is 17.4 Å². The van der Waals surface area contributed by atoms with Crippen molar-refractivity contribution in [2.75, 3.05) is 10.0 Å². The molecule has 0 saturated carbocycles. The van der Waals surface area contributed by atoms with E-state index in [1.54, 1.807) is 6.92 Å². The highest BCUT2D eigenvalue weighted by Crippen LogP contribution is 2.35. The second kappa shape index (κ2) is 7.08. The number of carbonyl (C=O) groups is 1. The van der Waals surface area contributed by atoms with E-state index in [-0.39, 0.29) is 11.7 Å². The van der Waals surface area contributed by atoms with E-state index in [1.807, 2.05) is 4.72 Å². The molecule has 0 aliphatic carbocycles. The molecule has 3 rings (SSSR count). The van der Waals surface area contributed by atoms with Crippen molar-refractivity contribution in [3.8, 4) is 10.6 Å². The Morgan fingerprint density at radius 2 is 1.85 bits per heavy atom. The Morgan fingerprint density at radius 3 is 2.48 bits per heavy atom. The summed E-state index contributed by atoms with van der Waals surface area (Å²) in [6.07, 6.45) is 0. The molecule has 0 spiro atoms. The summed E-state index contributed by atoms with van der Waals surface area (Å²) in [4.78, 5) is 15.8. The van der Waals surface area contributed by atoms with E-state index in [4.69, 9.17) is 4.42 Å². The predicted molar refractivity (Wildman–Crippen MR) is 96.0 cm³/mol. The average molecular weight is 413 g/mol. The smallest absolute Gasteiger partial charge is 0.295 e. The van der Waals surface area contributed by atoms with E-state index in [0.717, 1.165) is 35.6 Å². The van der Waals surface area contributed by atoms with Gasteiger partial charge in [0.05, 0.1) is 10.6 Å². The van der Waals surface area contributed by atoms with Crippen LogP contribution in [0.15, 0.2) is 39.8 Å². The molecule has 7 nitrogen and oxygen atoms in total. The lowest BCUT2D eigenvalue weighted by atomic mass is 10.3. The Kier molecular flexibility index (Phi) is 4.98. The van der Waals surface area contributed by atoms with Gasteiger partial charge in [-0.25, -0.2) is 13.8 Å². The first-order valence-electron chi connectivity index (χ1n) is 7.49. The van der Waals surface area contributed by atoms with Gasteiger partial charge in [0.15, 0.2) is 5.13 Å². The van der Waals surface area contributed by atoms with Gasteiger partial charge >= 0.3 is 0 Å². The topological polar surface area (TPSA) is 101 Å². The molecule has 0 aliphatic rings. The van der Waals surface area contributed by atoms with Gasteiger partial charge in [0, 0.05) is 6.92 Å². The number of nitrogens with zero attached hydrogens (tertiary/aromatic N) is 1. The lowest BCUT2D eigenvalue weighted by molar-refractivity contribution is -0.114. The molecule has 3 aromatic rings. The standard InChI is InChI=1S/C16H13F2N3O4S2/c1-8-15(26-16(19-8)20-9(2)22)12-6-7-13(25-12)27(23,24)21-14-10(17)4-3-5-11(14)18/h3-7,21H,1-2H3,(H,19,20,22). The SMILES string of the molecule is CC(=O)Nc1nc(C)c(-c2ccc(S(=O)(=O)Nc3c(F)cccc3F)o2)s1. The largest absolute Gasteiger partial charge is 0.442 e. The van der Waals surface area contributed by atoms with E-state index in [0.29, 0.717) is 15.7 Å². The van der Waals surface area contributed by atoms with Gasteiger partial charge in [-0.15, -0.1) is 0 Å². The fraction of sp³-hybridized carbons (Fsp3) is 0.125. The minimum atomic E-state index is -4.35. The van der Waals surface area contributed by atoms with E-state index in [2.05, 4.69) is 10.3 Å². The molecule has 0 radical (unpaired) electrons. The number of furan rings is 1. The molecule has 2 N–H and O–H groups in total. The van der Waals surface area contributed by atoms with Crippen LogP contribution in [0.5, 0.6) is 0 Å². The van der Waals surface area contributed by atoms with Crippen LogP contribution in [-0.2, 0) is 14.8 Å². The first-order valence-corrected chi connectivity index (χ1v) is 9.79. The number of benzene rings is 1. The number of aryl methyl sites for hydroxylation is 1. The minimum Gasteiger partial charge on any atom is -0.442 e. The number of para-hydroxylation sites is 1. The van der Waals surface area contributed by atoms with Crippen LogP contribution < -0.4 is 10.0 Å². The zero-order valence-corrected chi connectivity index (χ0v) is 15.7. The van der Waals surface area contributed by atoms with Gasteiger partial charge in [0.2, 0.25) is 11.0 Å². The summed E-state index contributed by atoms with van der Waals surface area (Å²) in [6.45, 7) is 3.00. The summed E-state index contributed by atoms with van der Waals surface area (Å²) in [7, 11) is -4.35. The first-order chi connectivity index (χ1) is 12.7. The molecule has 0 bridgehead atoms. The summed E-state index contributed by atoms with van der Waals surface area (Å²) in [6, 6.07) is 5.53. The highest BCUT2D eigenvalue weighted by atomic mass is 32.2. The van der Waals surface area contributed by atoms with Crippen LogP contribution in [0.2, 0.25) is 0 Å². The van der Waals surface area contributed by atoms with Crippen LogP contribution in [0.25, 0.3) is 10.6 Å². The van der Waals surface area contributed by atoms with Gasteiger partial charge < -0.3 is 9.73 Å². The average Bonchev–Trinajstić information content (AvgIpc) is 3.18. The van der Waals surface area contributed by atoms with Crippen molar-refractivity contribution < 1.29 is 26.4 Å². The lowest BCUT2D eigenvalue weighted by Crippen LogP contribution is -2.14. The Bertz CT molecular complexity index is 1100. The van der Waals surface area contributed by atoms with Gasteiger partial charge in [0.25, 0.3) is 10.0 Å². The Morgan fingerprint density at radius 1 is 1.19 bits per heavy atom. The Balaban J connectivity index is 1.91.